The number of nitrogens with one attached hydrogen (secondary N) is 3. The number of hydrogen-bond donors (Lipinski definition) is 4. The van der Waals surface area contributed by atoms with E-state index >= 15 is 4.79 Å². The van der Waals surface area contributed by atoms with Gasteiger partial charge in [0.05, 0.1) is 13.1 Å². The number of amidine groups is 2. The lowest BCUT2D eigenvalue weighted by Gasteiger charge is -2.72. The van der Waals surface area contributed by atoms with Crippen LogP contribution in [0.4, 0.5) is 9.59 Å². The van der Waals surface area contributed by atoms with Gasteiger partial charge in [-0.25, -0.2) is 18.9 Å². The first-order chi connectivity index (χ1) is 29.1. The topological polar surface area (TPSA) is 185 Å². The van der Waals surface area contributed by atoms with E-state index in [1.807, 2.05) is 53.6 Å². The molecule has 0 radical (unpaired) electrons. The molecule has 3 N–H and O–H groups in total. The molecule has 2 aliphatic heterocycles. The molecule has 2 heterocycles. The third kappa shape index (κ3) is 10.0. The first-order valence-corrected chi connectivity index (χ1v) is 22.9. The van der Waals surface area contributed by atoms with Gasteiger partial charge in [-0.2, -0.15) is 10.5 Å². The van der Waals surface area contributed by atoms with Crippen LogP contribution in [-0.2, 0) is 20.7 Å². The van der Waals surface area contributed by atoms with E-state index < -0.39 is 52.6 Å². The molecule has 0 bridgehead atoms. The van der Waals surface area contributed by atoms with Crippen LogP contribution in [0.15, 0.2) is 52.4 Å². The molecule has 2 aromatic carbocycles. The highest BCUT2D eigenvalue weighted by Gasteiger charge is 2.77. The van der Waals surface area contributed by atoms with Crippen molar-refractivity contribution in [3.05, 3.63) is 68.7 Å². The summed E-state index contributed by atoms with van der Waals surface area (Å²) in [6, 6.07) is 10.5. The molecule has 1 aliphatic carbocycles. The van der Waals surface area contributed by atoms with Crippen LogP contribution >= 0.6 is 59.2 Å². The van der Waals surface area contributed by atoms with Gasteiger partial charge in [-0.3, -0.25) is 5.32 Å². The van der Waals surface area contributed by atoms with Crippen LogP contribution in [0.25, 0.3) is 0 Å². The molecule has 62 heavy (non-hydrogen) atoms. The zero-order valence-corrected chi connectivity index (χ0v) is 40.1. The molecule has 3 unspecified atom stereocenters. The molecule has 3 aliphatic rings. The molecule has 0 aromatic heterocycles. The summed E-state index contributed by atoms with van der Waals surface area (Å²) in [5.41, 5.74) is -2.99. The summed E-state index contributed by atoms with van der Waals surface area (Å²) in [5.74, 6) is -1.04. The predicted octanol–water partition coefficient (Wildman–Crippen LogP) is 7.15. The number of carbonyl (C=O) groups excluding carboxylic acids is 3. The number of rotatable bonds is 7. The van der Waals surface area contributed by atoms with E-state index in [0.717, 1.165) is 0 Å². The number of piperazine rings is 2. The molecule has 20 heteroatoms. The fourth-order valence-corrected chi connectivity index (χ4v) is 10.9. The van der Waals surface area contributed by atoms with Crippen LogP contribution in [0.2, 0.25) is 15.1 Å². The molecule has 3 fully saturated rings. The number of aliphatic imine (C=N–C) groups is 2. The Morgan fingerprint density at radius 2 is 1.61 bits per heavy atom. The molecule has 15 nitrogen and oxygen atoms in total. The number of quaternary nitrogens is 1. The van der Waals surface area contributed by atoms with Gasteiger partial charge >= 0.3 is 18.1 Å². The molecule has 1 saturated carbocycles. The minimum Gasteiger partial charge on any atom is -0.444 e. The molecular formula is C42H54Cl3N10O5S2+. The summed E-state index contributed by atoms with van der Waals surface area (Å²) >= 11 is 26.3. The third-order valence-corrected chi connectivity index (χ3v) is 13.7. The third-order valence-electron chi connectivity index (χ3n) is 11.7. The standard InChI is InChI=1S/C42H53Cl3N10O5S2/c1-39(2,3)59-37(57)51-31(21-26-13-14-27(43)22-30(26)45)34(56)55(19-17-53(18-20-55)36(62-8)49-25-47)41(7)42(54(16-15-50-41)35(61)48-24-46)23-32(52-38(58)60-40(4,5)6)33(42)28-11-9-10-12-29(28)44/h9-14,22,31-33,50H,15-21,23H2,1-8H3,(H2-,48,51,52,57,58,61)/p+1/t31?,32?,33?,41-,42-/m0/s1. The highest BCUT2D eigenvalue weighted by atomic mass is 35.5. The molecule has 1 spiro atoms. The van der Waals surface area contributed by atoms with Gasteiger partial charge in [-0.1, -0.05) is 70.8 Å². The maximum atomic E-state index is 16.3. The van der Waals surface area contributed by atoms with Crippen molar-refractivity contribution in [2.24, 2.45) is 9.98 Å². The number of hydrogen-bond acceptors (Lipinski definition) is 11. The molecule has 2 saturated heterocycles. The quantitative estimate of drug-likeness (QED) is 0.0727. The van der Waals surface area contributed by atoms with Crippen molar-refractivity contribution >= 4 is 87.6 Å². The number of alkyl carbamates (subject to hydrolysis) is 2. The fraction of sp³-hybridized carbons (Fsp3) is 0.548. The van der Waals surface area contributed by atoms with Crippen molar-refractivity contribution in [1.29, 1.82) is 10.5 Å². The Bertz CT molecular complexity index is 2180. The Morgan fingerprint density at radius 1 is 0.984 bits per heavy atom. The normalized spacial score (nSPS) is 24.5. The molecule has 5 rings (SSSR count). The Labute approximate surface area is 388 Å². The van der Waals surface area contributed by atoms with E-state index in [0.29, 0.717) is 44.5 Å². The molecule has 2 aromatic rings. The SMILES string of the molecule is CSC(=NC#N)N1CC[N+](C(=O)C(Cc2ccc(Cl)cc2Cl)NC(=O)OC(C)(C)C)([C@]2(C)NCCN(C(S)=NC#N)[C@]23CC(NC(=O)OC(C)(C)C)C3c2ccccc2Cl)CC1. The number of nitrogens with zero attached hydrogens (tertiary/aromatic N) is 7. The van der Waals surface area contributed by atoms with E-state index in [9.17, 15) is 20.1 Å². The van der Waals surface area contributed by atoms with Gasteiger partial charge in [0.15, 0.2) is 22.0 Å². The number of nitriles is 2. The average Bonchev–Trinajstić information content (AvgIpc) is 3.17. The highest BCUT2D eigenvalue weighted by Crippen LogP contribution is 2.60. The van der Waals surface area contributed by atoms with Gasteiger partial charge in [-0.05, 0) is 83.5 Å². The lowest BCUT2D eigenvalue weighted by Crippen LogP contribution is -2.94. The van der Waals surface area contributed by atoms with Gasteiger partial charge in [-0.15, -0.1) is 22.6 Å². The lowest BCUT2D eigenvalue weighted by atomic mass is 9.52. The van der Waals surface area contributed by atoms with Crippen molar-refractivity contribution in [3.8, 4) is 12.4 Å². The monoisotopic (exact) mass is 947 g/mol. The van der Waals surface area contributed by atoms with Gasteiger partial charge in [0.1, 0.15) is 29.8 Å². The lowest BCUT2D eigenvalue weighted by molar-refractivity contribution is -0.922. The van der Waals surface area contributed by atoms with E-state index in [-0.39, 0.29) is 54.6 Å². The summed E-state index contributed by atoms with van der Waals surface area (Å²) in [4.78, 5) is 55.8. The second-order valence-corrected chi connectivity index (χ2v) is 20.0. The Balaban J connectivity index is 1.79. The fourth-order valence-electron chi connectivity index (χ4n) is 9.29. The van der Waals surface area contributed by atoms with Gasteiger partial charge in [0, 0.05) is 53.5 Å². The van der Waals surface area contributed by atoms with Crippen molar-refractivity contribution in [2.75, 3.05) is 45.5 Å². The van der Waals surface area contributed by atoms with E-state index in [4.69, 9.17) is 56.9 Å². The highest BCUT2D eigenvalue weighted by molar-refractivity contribution is 8.13. The molecule has 334 valence electrons. The maximum Gasteiger partial charge on any atom is 0.408 e. The van der Waals surface area contributed by atoms with E-state index in [2.05, 4.69) is 25.9 Å². The molecule has 3 amide bonds. The van der Waals surface area contributed by atoms with E-state index in [1.54, 1.807) is 65.8 Å². The zero-order chi connectivity index (χ0) is 45.8. The second kappa shape index (κ2) is 19.4. The zero-order valence-electron chi connectivity index (χ0n) is 36.1. The summed E-state index contributed by atoms with van der Waals surface area (Å²) in [5, 5.41) is 31.0. The van der Waals surface area contributed by atoms with Crippen LogP contribution in [0, 0.1) is 22.9 Å². The predicted molar refractivity (Wildman–Crippen MR) is 246 cm³/mol. The number of amides is 3. The van der Waals surface area contributed by atoms with Gasteiger partial charge in [0.25, 0.3) is 0 Å². The Kier molecular flexibility index (Phi) is 15.4. The summed E-state index contributed by atoms with van der Waals surface area (Å²) < 4.78 is 11.2. The van der Waals surface area contributed by atoms with Crippen LogP contribution in [-0.4, -0.2) is 123 Å². The number of thiol groups is 1. The summed E-state index contributed by atoms with van der Waals surface area (Å²) in [6.45, 7) is 14.0. The second-order valence-electron chi connectivity index (χ2n) is 17.6. The van der Waals surface area contributed by atoms with Crippen LogP contribution in [0.3, 0.4) is 0 Å². The smallest absolute Gasteiger partial charge is 0.408 e. The van der Waals surface area contributed by atoms with Crippen LogP contribution in [0.5, 0.6) is 0 Å². The van der Waals surface area contributed by atoms with Crippen molar-refractivity contribution in [1.82, 2.24) is 25.8 Å². The first-order valence-electron chi connectivity index (χ1n) is 20.1. The van der Waals surface area contributed by atoms with Crippen LogP contribution < -0.4 is 16.0 Å². The first kappa shape index (κ1) is 49.1. The van der Waals surface area contributed by atoms with Crippen LogP contribution in [0.1, 0.15) is 71.9 Å². The number of benzene rings is 2. The van der Waals surface area contributed by atoms with Crippen molar-refractivity contribution in [3.63, 3.8) is 0 Å². The minimum atomic E-state index is -1.33. The summed E-state index contributed by atoms with van der Waals surface area (Å²) in [7, 11) is 0. The molecular weight excluding hydrogens is 895 g/mol. The average molecular weight is 949 g/mol. The molecule has 5 atom stereocenters. The Morgan fingerprint density at radius 3 is 2.19 bits per heavy atom. The van der Waals surface area contributed by atoms with Gasteiger partial charge in [0.2, 0.25) is 12.4 Å². The van der Waals surface area contributed by atoms with E-state index in [1.165, 1.54) is 11.8 Å². The number of carbonyl (C=O) groups is 3. The number of halogens is 3. The number of thioether (sulfide) groups is 1. The summed E-state index contributed by atoms with van der Waals surface area (Å²) in [6.07, 6.45) is 4.35. The Hall–Kier alpha value is -3.94. The number of ether oxygens (including phenoxy) is 2. The van der Waals surface area contributed by atoms with Crippen molar-refractivity contribution < 1.29 is 28.3 Å². The minimum absolute atomic E-state index is 0.0268. The largest absolute Gasteiger partial charge is 0.444 e. The maximum absolute atomic E-state index is 16.3. The van der Waals surface area contributed by atoms with Crippen molar-refractivity contribution in [2.45, 2.75) is 102 Å². The van der Waals surface area contributed by atoms with Gasteiger partial charge < -0.3 is 29.9 Å².